The van der Waals surface area contributed by atoms with E-state index in [0.717, 1.165) is 24.5 Å². The zero-order chi connectivity index (χ0) is 14.1. The van der Waals surface area contributed by atoms with Crippen molar-refractivity contribution in [2.24, 2.45) is 0 Å². The van der Waals surface area contributed by atoms with E-state index in [1.165, 1.54) is 22.3 Å². The number of methoxy groups -OCH3 is 1. The van der Waals surface area contributed by atoms with Gasteiger partial charge in [0.25, 0.3) is 0 Å². The highest BCUT2D eigenvalue weighted by molar-refractivity contribution is 9.09. The number of ether oxygens (including phenoxy) is 2. The van der Waals surface area contributed by atoms with Gasteiger partial charge in [0.2, 0.25) is 0 Å². The molecule has 0 fully saturated rings. The third-order valence-electron chi connectivity index (χ3n) is 3.76. The van der Waals surface area contributed by atoms with Crippen LogP contribution in [-0.4, -0.2) is 13.7 Å². The van der Waals surface area contributed by atoms with Crippen LogP contribution in [0, 0.1) is 6.92 Å². The lowest BCUT2D eigenvalue weighted by molar-refractivity contribution is 0.357. The van der Waals surface area contributed by atoms with Gasteiger partial charge in [0.15, 0.2) is 0 Å². The monoisotopic (exact) mass is 332 g/mol. The van der Waals surface area contributed by atoms with Gasteiger partial charge in [-0.1, -0.05) is 34.1 Å². The molecule has 0 saturated heterocycles. The predicted octanol–water partition coefficient (Wildman–Crippen LogP) is 4.42. The van der Waals surface area contributed by atoms with Crippen LogP contribution in [0.15, 0.2) is 36.4 Å². The van der Waals surface area contributed by atoms with Crippen LogP contribution in [0.2, 0.25) is 0 Å². The summed E-state index contributed by atoms with van der Waals surface area (Å²) in [5.41, 5.74) is 5.06. The zero-order valence-corrected chi connectivity index (χ0v) is 13.2. The average molecular weight is 333 g/mol. The van der Waals surface area contributed by atoms with Crippen LogP contribution >= 0.6 is 15.9 Å². The molecule has 1 aliphatic rings. The Bertz CT molecular complexity index is 637. The van der Waals surface area contributed by atoms with Gasteiger partial charge in [0.1, 0.15) is 11.5 Å². The first-order valence-electron chi connectivity index (χ1n) is 6.73. The van der Waals surface area contributed by atoms with Gasteiger partial charge in [-0.05, 0) is 47.4 Å². The van der Waals surface area contributed by atoms with Crippen LogP contribution in [0.4, 0.5) is 0 Å². The molecule has 1 aliphatic heterocycles. The number of fused-ring (bicyclic) bond motifs is 1. The molecule has 0 saturated carbocycles. The minimum Gasteiger partial charge on any atom is -0.497 e. The molecule has 0 amide bonds. The Kier molecular flexibility index (Phi) is 3.70. The predicted molar refractivity (Wildman–Crippen MR) is 84.1 cm³/mol. The van der Waals surface area contributed by atoms with Crippen molar-refractivity contribution >= 4 is 15.9 Å². The van der Waals surface area contributed by atoms with Gasteiger partial charge in [-0.15, -0.1) is 0 Å². The summed E-state index contributed by atoms with van der Waals surface area (Å²) in [6, 6.07) is 12.6. The van der Waals surface area contributed by atoms with E-state index in [4.69, 9.17) is 9.47 Å². The summed E-state index contributed by atoms with van der Waals surface area (Å²) in [5.74, 6) is 1.92. The van der Waals surface area contributed by atoms with Crippen LogP contribution in [0.5, 0.6) is 11.5 Å². The summed E-state index contributed by atoms with van der Waals surface area (Å²) in [6.07, 6.45) is 1.00. The SMILES string of the molecule is COc1ccc(C(Br)c2ccc3c(c2)CCO3)c(C)c1. The topological polar surface area (TPSA) is 18.5 Å². The third-order valence-corrected chi connectivity index (χ3v) is 4.78. The molecule has 1 atom stereocenters. The molecular weight excluding hydrogens is 316 g/mol. The molecule has 0 bridgehead atoms. The summed E-state index contributed by atoms with van der Waals surface area (Å²) in [7, 11) is 1.70. The van der Waals surface area contributed by atoms with Crippen molar-refractivity contribution < 1.29 is 9.47 Å². The van der Waals surface area contributed by atoms with Crippen molar-refractivity contribution in [2.75, 3.05) is 13.7 Å². The molecular formula is C17H17BrO2. The van der Waals surface area contributed by atoms with E-state index >= 15 is 0 Å². The van der Waals surface area contributed by atoms with E-state index in [1.807, 2.05) is 6.07 Å². The summed E-state index contributed by atoms with van der Waals surface area (Å²) in [5, 5.41) is 0. The van der Waals surface area contributed by atoms with Crippen LogP contribution < -0.4 is 9.47 Å². The van der Waals surface area contributed by atoms with Gasteiger partial charge in [0.05, 0.1) is 18.5 Å². The van der Waals surface area contributed by atoms with Gasteiger partial charge >= 0.3 is 0 Å². The van der Waals surface area contributed by atoms with Gasteiger partial charge < -0.3 is 9.47 Å². The van der Waals surface area contributed by atoms with Crippen molar-refractivity contribution in [1.82, 2.24) is 0 Å². The van der Waals surface area contributed by atoms with Crippen molar-refractivity contribution in [3.05, 3.63) is 58.7 Å². The number of aryl methyl sites for hydroxylation is 1. The molecule has 0 aliphatic carbocycles. The molecule has 20 heavy (non-hydrogen) atoms. The molecule has 0 spiro atoms. The molecule has 2 aromatic carbocycles. The second-order valence-electron chi connectivity index (χ2n) is 5.05. The van der Waals surface area contributed by atoms with Gasteiger partial charge in [-0.3, -0.25) is 0 Å². The normalized spacial score (nSPS) is 14.6. The van der Waals surface area contributed by atoms with E-state index in [2.05, 4.69) is 53.2 Å². The lowest BCUT2D eigenvalue weighted by Gasteiger charge is -2.15. The highest BCUT2D eigenvalue weighted by Gasteiger charge is 2.17. The molecule has 2 nitrogen and oxygen atoms in total. The van der Waals surface area contributed by atoms with E-state index in [9.17, 15) is 0 Å². The fourth-order valence-electron chi connectivity index (χ4n) is 2.60. The maximum atomic E-state index is 5.56. The standard InChI is InChI=1S/C17H17BrO2/c1-11-9-14(19-2)4-5-15(11)17(18)13-3-6-16-12(10-13)7-8-20-16/h3-6,9-10,17H,7-8H2,1-2H3. The Morgan fingerprint density at radius 2 is 2.05 bits per heavy atom. The second-order valence-corrected chi connectivity index (χ2v) is 5.97. The van der Waals surface area contributed by atoms with Crippen LogP contribution in [0.25, 0.3) is 0 Å². The Labute approximate surface area is 127 Å². The van der Waals surface area contributed by atoms with Crippen molar-refractivity contribution in [1.29, 1.82) is 0 Å². The molecule has 3 heteroatoms. The minimum absolute atomic E-state index is 0.194. The van der Waals surface area contributed by atoms with Crippen molar-refractivity contribution in [3.63, 3.8) is 0 Å². The first kappa shape index (κ1) is 13.5. The molecule has 2 aromatic rings. The molecule has 3 rings (SSSR count). The maximum absolute atomic E-state index is 5.56. The van der Waals surface area contributed by atoms with Crippen molar-refractivity contribution in [3.8, 4) is 11.5 Å². The Morgan fingerprint density at radius 3 is 2.80 bits per heavy atom. The van der Waals surface area contributed by atoms with E-state index < -0.39 is 0 Å². The lowest BCUT2D eigenvalue weighted by atomic mass is 9.98. The molecule has 0 N–H and O–H groups in total. The first-order chi connectivity index (χ1) is 9.69. The molecule has 0 aromatic heterocycles. The number of rotatable bonds is 3. The summed E-state index contributed by atoms with van der Waals surface area (Å²) >= 11 is 3.82. The summed E-state index contributed by atoms with van der Waals surface area (Å²) in [6.45, 7) is 2.91. The molecule has 0 radical (unpaired) electrons. The van der Waals surface area contributed by atoms with Gasteiger partial charge in [0, 0.05) is 6.42 Å². The van der Waals surface area contributed by atoms with E-state index in [1.54, 1.807) is 7.11 Å². The fourth-order valence-corrected chi connectivity index (χ4v) is 3.40. The quantitative estimate of drug-likeness (QED) is 0.774. The van der Waals surface area contributed by atoms with E-state index in [-0.39, 0.29) is 4.83 Å². The number of hydrogen-bond donors (Lipinski definition) is 0. The average Bonchev–Trinajstić information content (AvgIpc) is 2.93. The molecule has 1 unspecified atom stereocenters. The second kappa shape index (κ2) is 5.49. The highest BCUT2D eigenvalue weighted by Crippen LogP contribution is 2.37. The lowest BCUT2D eigenvalue weighted by Crippen LogP contribution is -1.97. The Morgan fingerprint density at radius 1 is 1.20 bits per heavy atom. The maximum Gasteiger partial charge on any atom is 0.122 e. The highest BCUT2D eigenvalue weighted by atomic mass is 79.9. The Hall–Kier alpha value is -1.48. The molecule has 104 valence electrons. The number of halogens is 1. The smallest absolute Gasteiger partial charge is 0.122 e. The van der Waals surface area contributed by atoms with Gasteiger partial charge in [-0.2, -0.15) is 0 Å². The largest absolute Gasteiger partial charge is 0.497 e. The van der Waals surface area contributed by atoms with E-state index in [0.29, 0.717) is 0 Å². The van der Waals surface area contributed by atoms with Gasteiger partial charge in [-0.25, -0.2) is 0 Å². The zero-order valence-electron chi connectivity index (χ0n) is 11.7. The number of alkyl halides is 1. The molecule has 1 heterocycles. The number of benzene rings is 2. The summed E-state index contributed by atoms with van der Waals surface area (Å²) < 4.78 is 10.8. The number of hydrogen-bond acceptors (Lipinski definition) is 2. The van der Waals surface area contributed by atoms with Crippen LogP contribution in [-0.2, 0) is 6.42 Å². The summed E-state index contributed by atoms with van der Waals surface area (Å²) in [4.78, 5) is 0.194. The fraction of sp³-hybridized carbons (Fsp3) is 0.294. The van der Waals surface area contributed by atoms with Crippen LogP contribution in [0.1, 0.15) is 27.1 Å². The Balaban J connectivity index is 1.94. The third kappa shape index (κ3) is 2.42. The first-order valence-corrected chi connectivity index (χ1v) is 7.65. The van der Waals surface area contributed by atoms with Crippen LogP contribution in [0.3, 0.4) is 0 Å². The van der Waals surface area contributed by atoms with Crippen molar-refractivity contribution in [2.45, 2.75) is 18.2 Å². The minimum atomic E-state index is 0.194.